The summed E-state index contributed by atoms with van der Waals surface area (Å²) in [6, 6.07) is 8.86. The third-order valence-electron chi connectivity index (χ3n) is 3.11. The summed E-state index contributed by atoms with van der Waals surface area (Å²) in [5.41, 5.74) is 6.68. The molecule has 0 radical (unpaired) electrons. The van der Waals surface area contributed by atoms with Crippen molar-refractivity contribution in [1.82, 2.24) is 5.32 Å². The van der Waals surface area contributed by atoms with Gasteiger partial charge in [-0.25, -0.2) is 0 Å². The Bertz CT molecular complexity index is 398. The summed E-state index contributed by atoms with van der Waals surface area (Å²) in [5, 5.41) is 12.2. The number of aliphatic hydroxyl groups is 1. The zero-order valence-electron chi connectivity index (χ0n) is 11.9. The molecule has 1 rings (SSSR count). The van der Waals surface area contributed by atoms with Crippen LogP contribution in [0.4, 0.5) is 0 Å². The van der Waals surface area contributed by atoms with Gasteiger partial charge in [0.05, 0.1) is 18.7 Å². The Morgan fingerprint density at radius 1 is 1.32 bits per heavy atom. The molecule has 0 spiro atoms. The number of amides is 1. The van der Waals surface area contributed by atoms with Crippen LogP contribution < -0.4 is 11.1 Å². The van der Waals surface area contributed by atoms with Gasteiger partial charge in [-0.2, -0.15) is 0 Å². The highest BCUT2D eigenvalue weighted by atomic mass is 16.3. The molecule has 0 fully saturated rings. The van der Waals surface area contributed by atoms with Crippen molar-refractivity contribution in [3.8, 4) is 0 Å². The summed E-state index contributed by atoms with van der Waals surface area (Å²) in [7, 11) is 0. The lowest BCUT2D eigenvalue weighted by atomic mass is 9.86. The summed E-state index contributed by atoms with van der Waals surface area (Å²) < 4.78 is 0. The van der Waals surface area contributed by atoms with Crippen molar-refractivity contribution in [2.45, 2.75) is 39.3 Å². The highest BCUT2D eigenvalue weighted by Gasteiger charge is 2.28. The molecule has 0 bridgehead atoms. The van der Waals surface area contributed by atoms with Crippen molar-refractivity contribution in [2.75, 3.05) is 6.61 Å². The molecule has 0 heterocycles. The Labute approximate surface area is 115 Å². The fourth-order valence-corrected chi connectivity index (χ4v) is 1.74. The Balaban J connectivity index is 2.60. The number of hydrogen-bond donors (Lipinski definition) is 3. The monoisotopic (exact) mass is 264 g/mol. The molecular weight excluding hydrogens is 240 g/mol. The first-order chi connectivity index (χ1) is 8.84. The maximum absolute atomic E-state index is 12.0. The van der Waals surface area contributed by atoms with Gasteiger partial charge in [-0.3, -0.25) is 4.79 Å². The highest BCUT2D eigenvalue weighted by Crippen LogP contribution is 2.17. The predicted octanol–water partition coefficient (Wildman–Crippen LogP) is 1.08. The quantitative estimate of drug-likeness (QED) is 0.745. The van der Waals surface area contributed by atoms with E-state index in [1.807, 2.05) is 51.1 Å². The lowest BCUT2D eigenvalue weighted by Gasteiger charge is -2.28. The van der Waals surface area contributed by atoms with Gasteiger partial charge in [0.25, 0.3) is 0 Å². The van der Waals surface area contributed by atoms with Crippen molar-refractivity contribution >= 4 is 5.91 Å². The van der Waals surface area contributed by atoms with E-state index in [-0.39, 0.29) is 24.0 Å². The van der Waals surface area contributed by atoms with Crippen LogP contribution in [-0.4, -0.2) is 29.7 Å². The Morgan fingerprint density at radius 2 is 1.89 bits per heavy atom. The van der Waals surface area contributed by atoms with Crippen molar-refractivity contribution in [3.05, 3.63) is 35.9 Å². The molecule has 19 heavy (non-hydrogen) atoms. The molecule has 0 aliphatic heterocycles. The molecule has 1 aromatic carbocycles. The minimum Gasteiger partial charge on any atom is -0.394 e. The van der Waals surface area contributed by atoms with Gasteiger partial charge in [0, 0.05) is 0 Å². The van der Waals surface area contributed by atoms with Crippen LogP contribution in [0.15, 0.2) is 30.3 Å². The number of benzene rings is 1. The first-order valence-corrected chi connectivity index (χ1v) is 6.55. The third kappa shape index (κ3) is 5.01. The molecule has 4 N–H and O–H groups in total. The molecule has 2 atom stereocenters. The van der Waals surface area contributed by atoms with E-state index in [4.69, 9.17) is 5.73 Å². The van der Waals surface area contributed by atoms with Crippen molar-refractivity contribution in [1.29, 1.82) is 0 Å². The molecule has 0 saturated carbocycles. The van der Waals surface area contributed by atoms with Gasteiger partial charge in [-0.1, -0.05) is 51.1 Å². The second kappa shape index (κ2) is 6.68. The van der Waals surface area contributed by atoms with Crippen molar-refractivity contribution in [3.63, 3.8) is 0 Å². The van der Waals surface area contributed by atoms with Crippen LogP contribution in [-0.2, 0) is 11.2 Å². The van der Waals surface area contributed by atoms with E-state index in [2.05, 4.69) is 5.32 Å². The number of nitrogens with one attached hydrogen (secondary N) is 1. The summed E-state index contributed by atoms with van der Waals surface area (Å²) in [6.45, 7) is 5.66. The molecule has 1 unspecified atom stereocenters. The summed E-state index contributed by atoms with van der Waals surface area (Å²) in [6.07, 6.45) is 0.597. The molecule has 0 aromatic heterocycles. The zero-order chi connectivity index (χ0) is 14.5. The standard InChI is InChI=1S/C15H24N2O2/c1-15(2,3)13(16)14(19)17-12(10-18)9-11-7-5-4-6-8-11/h4-8,12-13,18H,9-10,16H2,1-3H3,(H,17,19)/t12-,13?/m0/s1. The lowest BCUT2D eigenvalue weighted by molar-refractivity contribution is -0.125. The number of carbonyl (C=O) groups is 1. The fraction of sp³-hybridized carbons (Fsp3) is 0.533. The van der Waals surface area contributed by atoms with Crippen LogP contribution in [0.25, 0.3) is 0 Å². The second-order valence-corrected chi connectivity index (χ2v) is 5.92. The van der Waals surface area contributed by atoms with E-state index in [9.17, 15) is 9.90 Å². The van der Waals surface area contributed by atoms with E-state index in [0.717, 1.165) is 5.56 Å². The van der Waals surface area contributed by atoms with Crippen LogP contribution in [0, 0.1) is 5.41 Å². The largest absolute Gasteiger partial charge is 0.394 e. The molecule has 4 heteroatoms. The van der Waals surface area contributed by atoms with Gasteiger partial charge in [-0.15, -0.1) is 0 Å². The van der Waals surface area contributed by atoms with Crippen LogP contribution in [0.3, 0.4) is 0 Å². The average Bonchev–Trinajstić information content (AvgIpc) is 2.37. The SMILES string of the molecule is CC(C)(C)C(N)C(=O)N[C@H](CO)Cc1ccccc1. The maximum Gasteiger partial charge on any atom is 0.237 e. The normalized spacial score (nSPS) is 14.8. The van der Waals surface area contributed by atoms with E-state index < -0.39 is 6.04 Å². The lowest BCUT2D eigenvalue weighted by Crippen LogP contribution is -2.52. The van der Waals surface area contributed by atoms with E-state index in [0.29, 0.717) is 6.42 Å². The Kier molecular flexibility index (Phi) is 5.51. The van der Waals surface area contributed by atoms with Gasteiger partial charge in [0.15, 0.2) is 0 Å². The topological polar surface area (TPSA) is 75.4 Å². The van der Waals surface area contributed by atoms with E-state index in [1.54, 1.807) is 0 Å². The predicted molar refractivity (Wildman–Crippen MR) is 76.6 cm³/mol. The molecule has 0 saturated heterocycles. The summed E-state index contributed by atoms with van der Waals surface area (Å²) >= 11 is 0. The first-order valence-electron chi connectivity index (χ1n) is 6.55. The summed E-state index contributed by atoms with van der Waals surface area (Å²) in [5.74, 6) is -0.220. The zero-order valence-corrected chi connectivity index (χ0v) is 11.9. The molecule has 1 aromatic rings. The Hall–Kier alpha value is -1.39. The van der Waals surface area contributed by atoms with E-state index in [1.165, 1.54) is 0 Å². The maximum atomic E-state index is 12.0. The van der Waals surface area contributed by atoms with Gasteiger partial charge in [0.1, 0.15) is 0 Å². The number of aliphatic hydroxyl groups excluding tert-OH is 1. The van der Waals surface area contributed by atoms with Gasteiger partial charge in [0.2, 0.25) is 5.91 Å². The van der Waals surface area contributed by atoms with Crippen LogP contribution in [0.2, 0.25) is 0 Å². The molecule has 106 valence electrons. The van der Waals surface area contributed by atoms with Gasteiger partial charge in [-0.05, 0) is 17.4 Å². The van der Waals surface area contributed by atoms with Crippen molar-refractivity contribution in [2.24, 2.45) is 11.1 Å². The van der Waals surface area contributed by atoms with Crippen molar-refractivity contribution < 1.29 is 9.90 Å². The number of carbonyl (C=O) groups excluding carboxylic acids is 1. The van der Waals surface area contributed by atoms with Gasteiger partial charge >= 0.3 is 0 Å². The minimum atomic E-state index is -0.586. The number of hydrogen-bond acceptors (Lipinski definition) is 3. The number of rotatable bonds is 5. The molecule has 1 amide bonds. The minimum absolute atomic E-state index is 0.0997. The fourth-order valence-electron chi connectivity index (χ4n) is 1.74. The van der Waals surface area contributed by atoms with E-state index >= 15 is 0 Å². The molecule has 0 aliphatic carbocycles. The second-order valence-electron chi connectivity index (χ2n) is 5.92. The molecular formula is C15H24N2O2. The smallest absolute Gasteiger partial charge is 0.237 e. The highest BCUT2D eigenvalue weighted by molar-refractivity contribution is 5.82. The van der Waals surface area contributed by atoms with Crippen LogP contribution in [0.1, 0.15) is 26.3 Å². The van der Waals surface area contributed by atoms with Crippen LogP contribution >= 0.6 is 0 Å². The molecule has 0 aliphatic rings. The number of nitrogens with two attached hydrogens (primary N) is 1. The average molecular weight is 264 g/mol. The summed E-state index contributed by atoms with van der Waals surface area (Å²) in [4.78, 5) is 12.0. The third-order valence-corrected chi connectivity index (χ3v) is 3.11. The Morgan fingerprint density at radius 3 is 2.37 bits per heavy atom. The van der Waals surface area contributed by atoms with Crippen LogP contribution in [0.5, 0.6) is 0 Å². The first kappa shape index (κ1) is 15.7. The molecule has 4 nitrogen and oxygen atoms in total. The van der Waals surface area contributed by atoms with Gasteiger partial charge < -0.3 is 16.2 Å².